The fraction of sp³-hybridized carbons (Fsp3) is 0.200. The molecule has 0 aromatic carbocycles. The van der Waals surface area contributed by atoms with Crippen molar-refractivity contribution in [2.24, 2.45) is 0 Å². The van der Waals surface area contributed by atoms with Crippen molar-refractivity contribution >= 4 is 11.3 Å². The molecule has 1 aromatic heterocycles. The zero-order valence-electron chi connectivity index (χ0n) is 4.01. The van der Waals surface area contributed by atoms with E-state index in [9.17, 15) is 0 Å². The summed E-state index contributed by atoms with van der Waals surface area (Å²) in [5.41, 5.74) is 0. The molecule has 0 N–H and O–H groups in total. The molecular formula is C5H5NS. The number of aryl methyl sites for hydroxylation is 1. The van der Waals surface area contributed by atoms with E-state index in [-0.39, 0.29) is 0 Å². The molecular weight excluding hydrogens is 106 g/mol. The zero-order valence-corrected chi connectivity index (χ0v) is 4.83. The Morgan fingerprint density at radius 3 is 2.71 bits per heavy atom. The van der Waals surface area contributed by atoms with Gasteiger partial charge in [-0.25, -0.2) is 4.98 Å². The maximum Gasteiger partial charge on any atom is 0.0973 e. The molecule has 1 rings (SSSR count). The third kappa shape index (κ3) is 0.996. The van der Waals surface area contributed by atoms with E-state index in [4.69, 9.17) is 6.92 Å². The summed E-state index contributed by atoms with van der Waals surface area (Å²) >= 11 is 1.51. The number of rotatable bonds is 0. The van der Waals surface area contributed by atoms with Gasteiger partial charge in [0.25, 0.3) is 0 Å². The number of thiazole rings is 1. The van der Waals surface area contributed by atoms with E-state index in [0.29, 0.717) is 5.01 Å². The monoisotopic (exact) mass is 111 g/mol. The van der Waals surface area contributed by atoms with Gasteiger partial charge in [-0.15, -0.1) is 11.3 Å². The van der Waals surface area contributed by atoms with Crippen LogP contribution < -0.4 is 0 Å². The van der Waals surface area contributed by atoms with Crippen molar-refractivity contribution in [2.45, 2.75) is 6.92 Å². The highest BCUT2D eigenvalue weighted by Crippen LogP contribution is 2.07. The Bertz CT molecular complexity index is 140. The molecule has 0 fully saturated rings. The van der Waals surface area contributed by atoms with Crippen LogP contribution in [0.3, 0.4) is 0 Å². The van der Waals surface area contributed by atoms with Crippen molar-refractivity contribution in [1.82, 2.24) is 4.98 Å². The highest BCUT2D eigenvalue weighted by Gasteiger charge is 1.86. The van der Waals surface area contributed by atoms with Crippen LogP contribution in [0, 0.1) is 13.8 Å². The molecule has 0 bridgehead atoms. The zero-order chi connectivity index (χ0) is 5.28. The van der Waals surface area contributed by atoms with Gasteiger partial charge in [0.1, 0.15) is 0 Å². The van der Waals surface area contributed by atoms with Gasteiger partial charge in [0, 0.05) is 18.0 Å². The Hall–Kier alpha value is -0.370. The summed E-state index contributed by atoms with van der Waals surface area (Å²) in [6.45, 7) is 7.27. The third-order valence-corrected chi connectivity index (χ3v) is 1.38. The number of aromatic nitrogens is 1. The van der Waals surface area contributed by atoms with Crippen LogP contribution in [0.4, 0.5) is 0 Å². The molecule has 0 aliphatic heterocycles. The first-order valence-electron chi connectivity index (χ1n) is 1.97. The average Bonchev–Trinajstić information content (AvgIpc) is 1.87. The van der Waals surface area contributed by atoms with Crippen molar-refractivity contribution in [2.75, 3.05) is 0 Å². The largest absolute Gasteiger partial charge is 0.249 e. The Morgan fingerprint density at radius 1 is 1.86 bits per heavy atom. The second-order valence-electron chi connectivity index (χ2n) is 1.31. The average molecular weight is 111 g/mol. The fourth-order valence-electron chi connectivity index (χ4n) is 0.372. The van der Waals surface area contributed by atoms with Crippen molar-refractivity contribution in [1.29, 1.82) is 0 Å². The SMILES string of the molecule is [CH]c1ncc(C)s1. The molecule has 1 aromatic rings. The Balaban J connectivity index is 3.04. The first-order chi connectivity index (χ1) is 3.29. The lowest BCUT2D eigenvalue weighted by Crippen LogP contribution is -1.57. The number of hydrogen-bond donors (Lipinski definition) is 0. The molecule has 36 valence electrons. The van der Waals surface area contributed by atoms with Crippen molar-refractivity contribution < 1.29 is 0 Å². The molecule has 0 saturated carbocycles. The van der Waals surface area contributed by atoms with Crippen molar-refractivity contribution in [3.05, 3.63) is 23.0 Å². The van der Waals surface area contributed by atoms with Gasteiger partial charge >= 0.3 is 0 Å². The fourth-order valence-corrected chi connectivity index (χ4v) is 0.913. The standard InChI is InChI=1S/C5H5NS/c1-4-3-6-5(2)7-4/h2-3H,1H3. The van der Waals surface area contributed by atoms with Gasteiger partial charge in [-0.2, -0.15) is 0 Å². The Labute approximate surface area is 47.0 Å². The van der Waals surface area contributed by atoms with Crippen molar-refractivity contribution in [3.63, 3.8) is 0 Å². The Morgan fingerprint density at radius 2 is 2.57 bits per heavy atom. The quantitative estimate of drug-likeness (QED) is 0.494. The molecule has 1 heterocycles. The van der Waals surface area contributed by atoms with E-state index in [0.717, 1.165) is 4.88 Å². The minimum Gasteiger partial charge on any atom is -0.249 e. The normalized spacial score (nSPS) is 9.43. The highest BCUT2D eigenvalue weighted by molar-refractivity contribution is 7.11. The lowest BCUT2D eigenvalue weighted by Gasteiger charge is -1.68. The van der Waals surface area contributed by atoms with Crippen LogP contribution in [-0.4, -0.2) is 4.98 Å². The summed E-state index contributed by atoms with van der Waals surface area (Å²) in [6.07, 6.45) is 1.76. The minimum atomic E-state index is 0.650. The second-order valence-corrected chi connectivity index (χ2v) is 2.58. The van der Waals surface area contributed by atoms with E-state index in [2.05, 4.69) is 4.98 Å². The summed E-state index contributed by atoms with van der Waals surface area (Å²) < 4.78 is 0. The predicted molar refractivity (Wildman–Crippen MR) is 30.3 cm³/mol. The Kier molecular flexibility index (Phi) is 1.11. The summed E-state index contributed by atoms with van der Waals surface area (Å²) in [5.74, 6) is 0. The molecule has 0 atom stereocenters. The van der Waals surface area contributed by atoms with Crippen LogP contribution in [0.2, 0.25) is 0 Å². The maximum atomic E-state index is 5.29. The van der Waals surface area contributed by atoms with Crippen LogP contribution in [0.1, 0.15) is 9.88 Å². The van der Waals surface area contributed by atoms with Gasteiger partial charge in [-0.05, 0) is 6.92 Å². The molecule has 2 radical (unpaired) electrons. The third-order valence-electron chi connectivity index (χ3n) is 0.639. The smallest absolute Gasteiger partial charge is 0.0973 e. The lowest BCUT2D eigenvalue weighted by atomic mass is 10.6. The molecule has 0 aliphatic carbocycles. The van der Waals surface area contributed by atoms with E-state index >= 15 is 0 Å². The molecule has 1 nitrogen and oxygen atoms in total. The van der Waals surface area contributed by atoms with Crippen LogP contribution >= 0.6 is 11.3 Å². The topological polar surface area (TPSA) is 12.9 Å². The summed E-state index contributed by atoms with van der Waals surface area (Å²) in [5, 5.41) is 0.650. The molecule has 0 spiro atoms. The molecule has 7 heavy (non-hydrogen) atoms. The highest BCUT2D eigenvalue weighted by atomic mass is 32.1. The van der Waals surface area contributed by atoms with Crippen LogP contribution in [-0.2, 0) is 0 Å². The maximum absolute atomic E-state index is 5.29. The predicted octanol–water partition coefficient (Wildman–Crippen LogP) is 1.51. The molecule has 0 saturated heterocycles. The van der Waals surface area contributed by atoms with Crippen molar-refractivity contribution in [3.8, 4) is 0 Å². The second kappa shape index (κ2) is 1.62. The molecule has 0 amide bonds. The number of hydrogen-bond acceptors (Lipinski definition) is 2. The summed E-state index contributed by atoms with van der Waals surface area (Å²) in [4.78, 5) is 4.98. The first-order valence-corrected chi connectivity index (χ1v) is 2.78. The van der Waals surface area contributed by atoms with Gasteiger partial charge in [0.2, 0.25) is 0 Å². The van der Waals surface area contributed by atoms with Crippen LogP contribution in [0.5, 0.6) is 0 Å². The van der Waals surface area contributed by atoms with Gasteiger partial charge < -0.3 is 0 Å². The van der Waals surface area contributed by atoms with Gasteiger partial charge in [-0.1, -0.05) is 0 Å². The lowest BCUT2D eigenvalue weighted by molar-refractivity contribution is 1.34. The number of nitrogens with zero attached hydrogens (tertiary/aromatic N) is 1. The van der Waals surface area contributed by atoms with E-state index in [1.54, 1.807) is 6.20 Å². The molecule has 0 unspecified atom stereocenters. The van der Waals surface area contributed by atoms with E-state index < -0.39 is 0 Å². The van der Waals surface area contributed by atoms with E-state index in [1.807, 2.05) is 6.92 Å². The van der Waals surface area contributed by atoms with Crippen LogP contribution in [0.15, 0.2) is 6.20 Å². The van der Waals surface area contributed by atoms with E-state index in [1.165, 1.54) is 11.3 Å². The first kappa shape index (κ1) is 4.78. The summed E-state index contributed by atoms with van der Waals surface area (Å²) in [6, 6.07) is 0. The van der Waals surface area contributed by atoms with Crippen LogP contribution in [0.25, 0.3) is 0 Å². The van der Waals surface area contributed by atoms with Gasteiger partial charge in [-0.3, -0.25) is 0 Å². The van der Waals surface area contributed by atoms with Gasteiger partial charge in [0.15, 0.2) is 0 Å². The van der Waals surface area contributed by atoms with Gasteiger partial charge in [0.05, 0.1) is 5.01 Å². The molecule has 2 heteroatoms. The minimum absolute atomic E-state index is 0.650. The molecule has 0 aliphatic rings. The summed E-state index contributed by atoms with van der Waals surface area (Å²) in [7, 11) is 0.